The summed E-state index contributed by atoms with van der Waals surface area (Å²) in [5, 5.41) is 15.0. The molecule has 0 bridgehead atoms. The summed E-state index contributed by atoms with van der Waals surface area (Å²) in [7, 11) is 0. The van der Waals surface area contributed by atoms with Gasteiger partial charge in [-0.2, -0.15) is 5.26 Å². The fraction of sp³-hybridized carbons (Fsp3) is 0.500. The third-order valence-corrected chi connectivity index (χ3v) is 4.70. The van der Waals surface area contributed by atoms with Gasteiger partial charge in [0.1, 0.15) is 6.10 Å². The number of hydrogen-bond donors (Lipinski definition) is 2. The second-order valence-electron chi connectivity index (χ2n) is 8.09. The number of hydrogen-bond acceptors (Lipinski definition) is 5. The zero-order valence-corrected chi connectivity index (χ0v) is 17.7. The van der Waals surface area contributed by atoms with Gasteiger partial charge in [-0.15, -0.1) is 0 Å². The summed E-state index contributed by atoms with van der Waals surface area (Å²) in [6, 6.07) is 9.66. The van der Waals surface area contributed by atoms with Crippen molar-refractivity contribution in [2.45, 2.75) is 53.3 Å². The molecule has 1 aromatic carbocycles. The van der Waals surface area contributed by atoms with Gasteiger partial charge in [0.2, 0.25) is 0 Å². The number of nitrogens with zero attached hydrogens (tertiary/aromatic N) is 3. The minimum atomic E-state index is -0.376. The molecule has 1 unspecified atom stereocenters. The average Bonchev–Trinajstić information content (AvgIpc) is 3.12. The third kappa shape index (κ3) is 7.24. The van der Waals surface area contributed by atoms with E-state index in [1.807, 2.05) is 37.4 Å². The first-order valence-corrected chi connectivity index (χ1v) is 9.96. The zero-order chi connectivity index (χ0) is 21.3. The maximum atomic E-state index is 12.0. The van der Waals surface area contributed by atoms with Crippen LogP contribution in [0, 0.1) is 16.7 Å². The molecular formula is C22H31N5O2. The van der Waals surface area contributed by atoms with E-state index in [1.54, 1.807) is 6.33 Å². The Bertz CT molecular complexity index is 815. The highest BCUT2D eigenvalue weighted by atomic mass is 16.6. The van der Waals surface area contributed by atoms with Crippen LogP contribution in [0.1, 0.15) is 50.9 Å². The van der Waals surface area contributed by atoms with E-state index in [4.69, 9.17) is 10.00 Å². The van der Waals surface area contributed by atoms with Crippen LogP contribution in [0.4, 0.5) is 4.79 Å². The number of nitrogens with one attached hydrogen (secondary N) is 2. The third-order valence-electron chi connectivity index (χ3n) is 4.70. The summed E-state index contributed by atoms with van der Waals surface area (Å²) in [6.07, 6.45) is 3.93. The van der Waals surface area contributed by atoms with Crippen molar-refractivity contribution in [3.05, 3.63) is 53.6 Å². The molecule has 2 aromatic rings. The highest BCUT2D eigenvalue weighted by Gasteiger charge is 2.26. The number of carbonyl (C=O) groups is 1. The number of rotatable bonds is 9. The lowest BCUT2D eigenvalue weighted by Crippen LogP contribution is -2.38. The van der Waals surface area contributed by atoms with Gasteiger partial charge in [-0.05, 0) is 29.5 Å². The largest absolute Gasteiger partial charge is 0.446 e. The Labute approximate surface area is 173 Å². The Morgan fingerprint density at radius 2 is 2.00 bits per heavy atom. The van der Waals surface area contributed by atoms with Crippen molar-refractivity contribution < 1.29 is 9.53 Å². The van der Waals surface area contributed by atoms with Gasteiger partial charge < -0.3 is 19.9 Å². The van der Waals surface area contributed by atoms with Gasteiger partial charge in [-0.25, -0.2) is 9.78 Å². The summed E-state index contributed by atoms with van der Waals surface area (Å²) in [5.74, 6) is 0. The number of benzene rings is 1. The number of alkyl carbamates (subject to hydrolysis) is 1. The molecule has 7 heteroatoms. The number of aromatic nitrogens is 2. The Kier molecular flexibility index (Phi) is 8.22. The SMILES string of the molecule is CCC(OC(=O)NCCNCc1cncn1Cc1ccc(C#N)cc1)C(C)(C)C. The molecule has 0 aliphatic carbocycles. The number of imidazole rings is 1. The average molecular weight is 398 g/mol. The normalized spacial score (nSPS) is 12.2. The first kappa shape index (κ1) is 22.4. The predicted octanol–water partition coefficient (Wildman–Crippen LogP) is 3.44. The number of ether oxygens (including phenoxy) is 1. The first-order valence-electron chi connectivity index (χ1n) is 9.96. The molecule has 1 heterocycles. The molecule has 2 N–H and O–H groups in total. The van der Waals surface area contributed by atoms with Crippen molar-refractivity contribution in [2.75, 3.05) is 13.1 Å². The summed E-state index contributed by atoms with van der Waals surface area (Å²) in [6.45, 7) is 10.7. The smallest absolute Gasteiger partial charge is 0.407 e. The Morgan fingerprint density at radius 3 is 2.62 bits per heavy atom. The molecule has 1 atom stereocenters. The van der Waals surface area contributed by atoms with Gasteiger partial charge >= 0.3 is 6.09 Å². The fourth-order valence-electron chi connectivity index (χ4n) is 3.03. The van der Waals surface area contributed by atoms with Gasteiger partial charge in [-0.3, -0.25) is 0 Å². The standard InChI is InChI=1S/C22H31N5O2/c1-5-20(22(2,3)4)29-21(28)26-11-10-24-13-19-14-25-16-27(19)15-18-8-6-17(12-23)7-9-18/h6-9,14,16,20,24H,5,10-11,13,15H2,1-4H3,(H,26,28). The predicted molar refractivity (Wildman–Crippen MR) is 112 cm³/mol. The monoisotopic (exact) mass is 397 g/mol. The molecule has 0 aliphatic rings. The van der Waals surface area contributed by atoms with Crippen LogP contribution in [-0.4, -0.2) is 34.8 Å². The molecule has 0 saturated heterocycles. The fourth-order valence-corrected chi connectivity index (χ4v) is 3.03. The number of amides is 1. The second-order valence-corrected chi connectivity index (χ2v) is 8.09. The molecule has 0 radical (unpaired) electrons. The molecule has 1 aromatic heterocycles. The maximum absolute atomic E-state index is 12.0. The zero-order valence-electron chi connectivity index (χ0n) is 17.7. The molecule has 156 valence electrons. The van der Waals surface area contributed by atoms with Crippen molar-refractivity contribution in [1.82, 2.24) is 20.2 Å². The summed E-state index contributed by atoms with van der Waals surface area (Å²) >= 11 is 0. The molecule has 0 spiro atoms. The highest BCUT2D eigenvalue weighted by Crippen LogP contribution is 2.24. The number of nitriles is 1. The van der Waals surface area contributed by atoms with Gasteiger partial charge in [0.25, 0.3) is 0 Å². The van der Waals surface area contributed by atoms with Gasteiger partial charge in [-0.1, -0.05) is 39.8 Å². The lowest BCUT2D eigenvalue weighted by Gasteiger charge is -2.29. The second kappa shape index (κ2) is 10.6. The van der Waals surface area contributed by atoms with Gasteiger partial charge in [0, 0.05) is 32.4 Å². The van der Waals surface area contributed by atoms with E-state index in [0.717, 1.165) is 17.7 Å². The van der Waals surface area contributed by atoms with Crippen LogP contribution in [0.3, 0.4) is 0 Å². The summed E-state index contributed by atoms with van der Waals surface area (Å²) in [5.41, 5.74) is 2.74. The Morgan fingerprint density at radius 1 is 1.28 bits per heavy atom. The van der Waals surface area contributed by atoms with E-state index in [0.29, 0.717) is 31.7 Å². The van der Waals surface area contributed by atoms with E-state index in [9.17, 15) is 4.79 Å². The minimum absolute atomic E-state index is 0.0718. The molecule has 0 fully saturated rings. The van der Waals surface area contributed by atoms with Crippen LogP contribution in [0.15, 0.2) is 36.8 Å². The summed E-state index contributed by atoms with van der Waals surface area (Å²) < 4.78 is 7.57. The molecule has 1 amide bonds. The lowest BCUT2D eigenvalue weighted by atomic mass is 9.87. The van der Waals surface area contributed by atoms with Crippen LogP contribution in [0.5, 0.6) is 0 Å². The summed E-state index contributed by atoms with van der Waals surface area (Å²) in [4.78, 5) is 16.2. The first-order chi connectivity index (χ1) is 13.8. The van der Waals surface area contributed by atoms with Crippen LogP contribution in [-0.2, 0) is 17.8 Å². The van der Waals surface area contributed by atoms with Gasteiger partial charge in [0.05, 0.1) is 23.7 Å². The lowest BCUT2D eigenvalue weighted by molar-refractivity contribution is 0.0293. The van der Waals surface area contributed by atoms with Crippen molar-refractivity contribution in [2.24, 2.45) is 5.41 Å². The molecule has 2 rings (SSSR count). The van der Waals surface area contributed by atoms with Gasteiger partial charge in [0.15, 0.2) is 0 Å². The van der Waals surface area contributed by atoms with Crippen molar-refractivity contribution in [1.29, 1.82) is 5.26 Å². The van der Waals surface area contributed by atoms with E-state index in [2.05, 4.69) is 47.0 Å². The topological polar surface area (TPSA) is 92.0 Å². The Balaban J connectivity index is 1.73. The van der Waals surface area contributed by atoms with Crippen LogP contribution < -0.4 is 10.6 Å². The molecule has 0 aliphatic heterocycles. The number of carbonyl (C=O) groups excluding carboxylic acids is 1. The maximum Gasteiger partial charge on any atom is 0.407 e. The van der Waals surface area contributed by atoms with Crippen LogP contribution >= 0.6 is 0 Å². The minimum Gasteiger partial charge on any atom is -0.446 e. The van der Waals surface area contributed by atoms with E-state index in [-0.39, 0.29) is 17.6 Å². The molecule has 7 nitrogen and oxygen atoms in total. The molecule has 0 saturated carbocycles. The molecular weight excluding hydrogens is 366 g/mol. The van der Waals surface area contributed by atoms with Crippen LogP contribution in [0.2, 0.25) is 0 Å². The Hall–Kier alpha value is -2.85. The van der Waals surface area contributed by atoms with E-state index in [1.165, 1.54) is 0 Å². The van der Waals surface area contributed by atoms with E-state index < -0.39 is 0 Å². The molecule has 29 heavy (non-hydrogen) atoms. The van der Waals surface area contributed by atoms with E-state index >= 15 is 0 Å². The quantitative estimate of drug-likeness (QED) is 0.633. The van der Waals surface area contributed by atoms with Crippen molar-refractivity contribution in [3.63, 3.8) is 0 Å². The highest BCUT2D eigenvalue weighted by molar-refractivity contribution is 5.67. The van der Waals surface area contributed by atoms with Crippen molar-refractivity contribution in [3.8, 4) is 6.07 Å². The van der Waals surface area contributed by atoms with Crippen LogP contribution in [0.25, 0.3) is 0 Å². The van der Waals surface area contributed by atoms with Crippen molar-refractivity contribution >= 4 is 6.09 Å².